The molecule has 3 heteroatoms. The second kappa shape index (κ2) is 8.64. The summed E-state index contributed by atoms with van der Waals surface area (Å²) in [7, 11) is 1.70. The van der Waals surface area contributed by atoms with E-state index >= 15 is 0 Å². The van der Waals surface area contributed by atoms with Crippen LogP contribution in [0, 0.1) is 6.92 Å². The molecule has 3 aromatic rings. The number of aryl methyl sites for hydroxylation is 1. The first-order valence-corrected chi connectivity index (χ1v) is 10.2. The van der Waals surface area contributed by atoms with Gasteiger partial charge in [0.15, 0.2) is 0 Å². The van der Waals surface area contributed by atoms with Gasteiger partial charge in [-0.15, -0.1) is 11.8 Å². The molecule has 3 rings (SSSR count). The van der Waals surface area contributed by atoms with Crippen molar-refractivity contribution in [3.8, 4) is 5.75 Å². The van der Waals surface area contributed by atoms with Crippen LogP contribution in [0.5, 0.6) is 5.75 Å². The van der Waals surface area contributed by atoms with E-state index in [1.165, 1.54) is 22.3 Å². The van der Waals surface area contributed by atoms with Gasteiger partial charge in [-0.25, -0.2) is 0 Å². The van der Waals surface area contributed by atoms with E-state index in [0.29, 0.717) is 0 Å². The van der Waals surface area contributed by atoms with Crippen molar-refractivity contribution in [2.24, 2.45) is 5.73 Å². The molecule has 0 bridgehead atoms. The molecule has 1 unspecified atom stereocenters. The van der Waals surface area contributed by atoms with Gasteiger partial charge < -0.3 is 10.5 Å². The van der Waals surface area contributed by atoms with Crippen molar-refractivity contribution in [1.82, 2.24) is 0 Å². The summed E-state index contributed by atoms with van der Waals surface area (Å²) in [5.41, 5.74) is 11.2. The second-order valence-electron chi connectivity index (χ2n) is 6.93. The molecular formula is C24H27NOS. The molecule has 0 radical (unpaired) electrons. The molecule has 0 aliphatic carbocycles. The first-order valence-electron chi connectivity index (χ1n) is 9.23. The molecular weight excluding hydrogens is 350 g/mol. The Morgan fingerprint density at radius 1 is 0.852 bits per heavy atom. The highest BCUT2D eigenvalue weighted by atomic mass is 32.2. The first kappa shape index (κ1) is 19.5. The zero-order valence-corrected chi connectivity index (χ0v) is 17.0. The van der Waals surface area contributed by atoms with Crippen molar-refractivity contribution < 1.29 is 4.74 Å². The highest BCUT2D eigenvalue weighted by Gasteiger charge is 2.37. The number of methoxy groups -OCH3 is 1. The van der Waals surface area contributed by atoms with E-state index in [2.05, 4.69) is 80.6 Å². The standard InChI is InChI=1S/C24H27NOS/c1-18-9-11-21(12-10-18)24(27-17-19(2)25,20-7-5-4-6-8-20)22-13-15-23(26-3)16-14-22/h4-16,19H,17,25H2,1-3H3/t19-,24?/m0/s1. The van der Waals surface area contributed by atoms with Gasteiger partial charge in [-0.3, -0.25) is 0 Å². The van der Waals surface area contributed by atoms with Gasteiger partial charge in [-0.05, 0) is 42.7 Å². The molecule has 2 atom stereocenters. The molecule has 0 aliphatic rings. The largest absolute Gasteiger partial charge is 0.497 e. The van der Waals surface area contributed by atoms with E-state index in [-0.39, 0.29) is 10.8 Å². The fourth-order valence-electron chi connectivity index (χ4n) is 3.29. The maximum absolute atomic E-state index is 6.16. The van der Waals surface area contributed by atoms with Crippen molar-refractivity contribution >= 4 is 11.8 Å². The fraction of sp³-hybridized carbons (Fsp3) is 0.250. The number of nitrogens with two attached hydrogens (primary N) is 1. The van der Waals surface area contributed by atoms with Crippen molar-refractivity contribution in [3.05, 3.63) is 101 Å². The Bertz CT molecular complexity index is 844. The predicted molar refractivity (Wildman–Crippen MR) is 117 cm³/mol. The highest BCUT2D eigenvalue weighted by Crippen LogP contribution is 2.48. The molecule has 0 spiro atoms. The van der Waals surface area contributed by atoms with Crippen LogP contribution in [0.3, 0.4) is 0 Å². The van der Waals surface area contributed by atoms with E-state index in [1.807, 2.05) is 23.9 Å². The van der Waals surface area contributed by atoms with Crippen LogP contribution in [0.25, 0.3) is 0 Å². The monoisotopic (exact) mass is 377 g/mol. The van der Waals surface area contributed by atoms with Crippen LogP contribution in [-0.2, 0) is 4.75 Å². The summed E-state index contributed by atoms with van der Waals surface area (Å²) in [6, 6.07) is 28.0. The minimum absolute atomic E-state index is 0.113. The van der Waals surface area contributed by atoms with Crippen LogP contribution in [-0.4, -0.2) is 18.9 Å². The van der Waals surface area contributed by atoms with Crippen molar-refractivity contribution in [2.45, 2.75) is 24.6 Å². The molecule has 0 fully saturated rings. The van der Waals surface area contributed by atoms with E-state index in [0.717, 1.165) is 11.5 Å². The topological polar surface area (TPSA) is 35.2 Å². The number of hydrogen-bond donors (Lipinski definition) is 1. The predicted octanol–water partition coefficient (Wildman–Crippen LogP) is 5.38. The smallest absolute Gasteiger partial charge is 0.118 e. The lowest BCUT2D eigenvalue weighted by Gasteiger charge is -2.36. The lowest BCUT2D eigenvalue weighted by molar-refractivity contribution is 0.414. The molecule has 0 saturated heterocycles. The van der Waals surface area contributed by atoms with Crippen LogP contribution in [0.4, 0.5) is 0 Å². The quantitative estimate of drug-likeness (QED) is 0.562. The van der Waals surface area contributed by atoms with E-state index in [1.54, 1.807) is 7.11 Å². The third-order valence-electron chi connectivity index (χ3n) is 4.70. The Hall–Kier alpha value is -2.23. The van der Waals surface area contributed by atoms with Gasteiger partial charge in [0.2, 0.25) is 0 Å². The number of benzene rings is 3. The fourth-order valence-corrected chi connectivity index (χ4v) is 4.71. The summed E-state index contributed by atoms with van der Waals surface area (Å²) in [4.78, 5) is 0. The maximum Gasteiger partial charge on any atom is 0.118 e. The molecule has 0 heterocycles. The summed E-state index contributed by atoms with van der Waals surface area (Å²) in [5, 5.41) is 0. The summed E-state index contributed by atoms with van der Waals surface area (Å²) < 4.78 is 5.06. The summed E-state index contributed by atoms with van der Waals surface area (Å²) in [5.74, 6) is 1.72. The Labute approximate surface area is 166 Å². The molecule has 140 valence electrons. The SMILES string of the molecule is COc1ccc(C(SC[C@H](C)N)(c2ccccc2)c2ccc(C)cc2)cc1. The molecule has 0 aromatic heterocycles. The van der Waals surface area contributed by atoms with Gasteiger partial charge in [0, 0.05) is 11.8 Å². The van der Waals surface area contributed by atoms with Gasteiger partial charge in [0.1, 0.15) is 5.75 Å². The average Bonchev–Trinajstić information content (AvgIpc) is 2.70. The van der Waals surface area contributed by atoms with Crippen LogP contribution in [0.15, 0.2) is 78.9 Å². The average molecular weight is 378 g/mol. The van der Waals surface area contributed by atoms with Crippen molar-refractivity contribution in [2.75, 3.05) is 12.9 Å². The zero-order valence-electron chi connectivity index (χ0n) is 16.2. The molecule has 0 saturated carbocycles. The minimum atomic E-state index is -0.325. The molecule has 0 amide bonds. The van der Waals surface area contributed by atoms with Gasteiger partial charge in [0.05, 0.1) is 11.9 Å². The molecule has 2 N–H and O–H groups in total. The number of ether oxygens (including phenoxy) is 1. The Kier molecular flexibility index (Phi) is 6.25. The minimum Gasteiger partial charge on any atom is -0.497 e. The maximum atomic E-state index is 6.16. The van der Waals surface area contributed by atoms with Gasteiger partial charge in [0.25, 0.3) is 0 Å². The molecule has 3 aromatic carbocycles. The molecule has 2 nitrogen and oxygen atoms in total. The third-order valence-corrected chi connectivity index (χ3v) is 6.53. The van der Waals surface area contributed by atoms with Crippen molar-refractivity contribution in [3.63, 3.8) is 0 Å². The molecule has 27 heavy (non-hydrogen) atoms. The third kappa shape index (κ3) is 4.20. The highest BCUT2D eigenvalue weighted by molar-refractivity contribution is 8.00. The van der Waals surface area contributed by atoms with E-state index < -0.39 is 0 Å². The number of rotatable bonds is 7. The van der Waals surface area contributed by atoms with Crippen molar-refractivity contribution in [1.29, 1.82) is 0 Å². The zero-order chi connectivity index (χ0) is 19.3. The Morgan fingerprint density at radius 3 is 1.89 bits per heavy atom. The van der Waals surface area contributed by atoms with Gasteiger partial charge in [-0.1, -0.05) is 72.3 Å². The summed E-state index contributed by atoms with van der Waals surface area (Å²) in [6.45, 7) is 4.18. The van der Waals surface area contributed by atoms with Crippen LogP contribution >= 0.6 is 11.8 Å². The number of hydrogen-bond acceptors (Lipinski definition) is 3. The van der Waals surface area contributed by atoms with Crippen LogP contribution in [0.2, 0.25) is 0 Å². The lowest BCUT2D eigenvalue weighted by atomic mass is 9.83. The van der Waals surface area contributed by atoms with Gasteiger partial charge >= 0.3 is 0 Å². The van der Waals surface area contributed by atoms with E-state index in [9.17, 15) is 0 Å². The summed E-state index contributed by atoms with van der Waals surface area (Å²) >= 11 is 1.89. The van der Waals surface area contributed by atoms with Crippen LogP contribution in [0.1, 0.15) is 29.2 Å². The van der Waals surface area contributed by atoms with Gasteiger partial charge in [-0.2, -0.15) is 0 Å². The Balaban J connectivity index is 2.24. The molecule has 0 aliphatic heterocycles. The lowest BCUT2D eigenvalue weighted by Crippen LogP contribution is -2.29. The second-order valence-corrected chi connectivity index (χ2v) is 8.16. The first-order chi connectivity index (χ1) is 13.1. The normalized spacial score (nSPS) is 14.4. The number of thioether (sulfide) groups is 1. The Morgan fingerprint density at radius 2 is 1.37 bits per heavy atom. The van der Waals surface area contributed by atoms with Crippen LogP contribution < -0.4 is 10.5 Å². The summed E-state index contributed by atoms with van der Waals surface area (Å²) in [6.07, 6.45) is 0. The van der Waals surface area contributed by atoms with E-state index in [4.69, 9.17) is 10.5 Å².